The summed E-state index contributed by atoms with van der Waals surface area (Å²) >= 11 is 2.44. The highest BCUT2D eigenvalue weighted by Crippen LogP contribution is 2.32. The van der Waals surface area contributed by atoms with E-state index in [9.17, 15) is 0 Å². The lowest BCUT2D eigenvalue weighted by Crippen LogP contribution is -1.87. The second-order valence-electron chi connectivity index (χ2n) is 3.76. The number of aromatic nitrogens is 1. The second-order valence-corrected chi connectivity index (χ2v) is 5.63. The molecule has 0 amide bonds. The third-order valence-corrected chi connectivity index (χ3v) is 3.09. The first kappa shape index (κ1) is 10.7. The fraction of sp³-hybridized carbons (Fsp3) is 0.231. The molecule has 1 aromatic heterocycles. The Labute approximate surface area is 104 Å². The Hall–Kier alpha value is -0.770. The van der Waals surface area contributed by atoms with E-state index in [1.165, 1.54) is 22.5 Å². The van der Waals surface area contributed by atoms with Crippen molar-refractivity contribution < 1.29 is 0 Å². The standard InChI is InChI=1S/C13H14IN/c1-9-8-12(13(15-9)10(2)14)11-6-4-3-5-7-11/h3-8,10,15H,1-2H3. The highest BCUT2D eigenvalue weighted by molar-refractivity contribution is 14.1. The molecule has 0 radical (unpaired) electrons. The van der Waals surface area contributed by atoms with E-state index in [4.69, 9.17) is 0 Å². The summed E-state index contributed by atoms with van der Waals surface area (Å²) in [6, 6.07) is 12.8. The molecule has 2 aromatic rings. The minimum Gasteiger partial charge on any atom is -0.361 e. The quantitative estimate of drug-likeness (QED) is 0.621. The summed E-state index contributed by atoms with van der Waals surface area (Å²) in [7, 11) is 0. The summed E-state index contributed by atoms with van der Waals surface area (Å²) in [4.78, 5) is 3.44. The third-order valence-electron chi connectivity index (χ3n) is 2.47. The van der Waals surface area contributed by atoms with Crippen LogP contribution in [-0.4, -0.2) is 4.98 Å². The van der Waals surface area contributed by atoms with Gasteiger partial charge in [0.15, 0.2) is 0 Å². The first-order chi connectivity index (χ1) is 7.18. The summed E-state index contributed by atoms with van der Waals surface area (Å²) in [6.07, 6.45) is 0. The molecule has 15 heavy (non-hydrogen) atoms. The van der Waals surface area contributed by atoms with E-state index < -0.39 is 0 Å². The number of aryl methyl sites for hydroxylation is 1. The van der Waals surface area contributed by atoms with Crippen LogP contribution in [0, 0.1) is 6.92 Å². The fourth-order valence-electron chi connectivity index (χ4n) is 1.78. The summed E-state index contributed by atoms with van der Waals surface area (Å²) in [5, 5.41) is 0. The minimum atomic E-state index is 0.506. The van der Waals surface area contributed by atoms with Gasteiger partial charge in [-0.2, -0.15) is 0 Å². The molecule has 1 nitrogen and oxygen atoms in total. The maximum absolute atomic E-state index is 3.44. The molecule has 0 aliphatic heterocycles. The zero-order valence-electron chi connectivity index (χ0n) is 8.92. The molecule has 1 unspecified atom stereocenters. The number of hydrogen-bond acceptors (Lipinski definition) is 0. The van der Waals surface area contributed by atoms with E-state index in [2.05, 4.69) is 77.8 Å². The first-order valence-electron chi connectivity index (χ1n) is 5.07. The van der Waals surface area contributed by atoms with Crippen molar-refractivity contribution in [2.24, 2.45) is 0 Å². The Morgan fingerprint density at radius 1 is 1.20 bits per heavy atom. The van der Waals surface area contributed by atoms with Gasteiger partial charge in [-0.05, 0) is 25.5 Å². The molecule has 0 spiro atoms. The number of nitrogens with one attached hydrogen (secondary N) is 1. The summed E-state index contributed by atoms with van der Waals surface area (Å²) in [5.74, 6) is 0. The van der Waals surface area contributed by atoms with Crippen LogP contribution in [0.5, 0.6) is 0 Å². The van der Waals surface area contributed by atoms with E-state index in [0.29, 0.717) is 3.92 Å². The molecule has 2 heteroatoms. The zero-order chi connectivity index (χ0) is 10.8. The highest BCUT2D eigenvalue weighted by atomic mass is 127. The average Bonchev–Trinajstić information content (AvgIpc) is 2.62. The molecule has 0 aliphatic rings. The lowest BCUT2D eigenvalue weighted by atomic mass is 10.1. The van der Waals surface area contributed by atoms with Crippen LogP contribution in [0.4, 0.5) is 0 Å². The largest absolute Gasteiger partial charge is 0.361 e. The molecule has 1 N–H and O–H groups in total. The van der Waals surface area contributed by atoms with Crippen molar-refractivity contribution in [1.29, 1.82) is 0 Å². The smallest absolute Gasteiger partial charge is 0.0488 e. The average molecular weight is 311 g/mol. The van der Waals surface area contributed by atoms with Gasteiger partial charge < -0.3 is 4.98 Å². The van der Waals surface area contributed by atoms with E-state index in [1.54, 1.807) is 0 Å². The number of H-pyrrole nitrogens is 1. The summed E-state index contributed by atoms with van der Waals surface area (Å²) in [6.45, 7) is 4.31. The Balaban J connectivity index is 2.53. The van der Waals surface area contributed by atoms with Gasteiger partial charge in [0.1, 0.15) is 0 Å². The van der Waals surface area contributed by atoms with Crippen LogP contribution in [0.2, 0.25) is 0 Å². The maximum atomic E-state index is 3.44. The number of benzene rings is 1. The van der Waals surface area contributed by atoms with Gasteiger partial charge in [0.2, 0.25) is 0 Å². The Morgan fingerprint density at radius 3 is 2.47 bits per heavy atom. The van der Waals surface area contributed by atoms with Crippen LogP contribution < -0.4 is 0 Å². The summed E-state index contributed by atoms with van der Waals surface area (Å²) < 4.78 is 0.506. The predicted octanol–water partition coefficient (Wildman–Crippen LogP) is 4.49. The fourth-order valence-corrected chi connectivity index (χ4v) is 2.27. The van der Waals surface area contributed by atoms with Gasteiger partial charge in [0, 0.05) is 20.9 Å². The molecular formula is C13H14IN. The van der Waals surface area contributed by atoms with E-state index in [0.717, 1.165) is 0 Å². The molecule has 0 fully saturated rings. The lowest BCUT2D eigenvalue weighted by molar-refractivity contribution is 1.05. The monoisotopic (exact) mass is 311 g/mol. The lowest BCUT2D eigenvalue weighted by Gasteiger charge is -2.05. The van der Waals surface area contributed by atoms with Gasteiger partial charge in [-0.25, -0.2) is 0 Å². The van der Waals surface area contributed by atoms with Gasteiger partial charge in [-0.3, -0.25) is 0 Å². The molecule has 1 atom stereocenters. The van der Waals surface area contributed by atoms with Crippen molar-refractivity contribution in [2.75, 3.05) is 0 Å². The van der Waals surface area contributed by atoms with Crippen LogP contribution in [0.25, 0.3) is 11.1 Å². The second kappa shape index (κ2) is 4.39. The summed E-state index contributed by atoms with van der Waals surface area (Å²) in [5.41, 5.74) is 5.17. The van der Waals surface area contributed by atoms with Gasteiger partial charge in [0.25, 0.3) is 0 Å². The Bertz CT molecular complexity index is 443. The van der Waals surface area contributed by atoms with Crippen LogP contribution in [0.1, 0.15) is 22.2 Å². The van der Waals surface area contributed by atoms with Crippen molar-refractivity contribution in [1.82, 2.24) is 4.98 Å². The van der Waals surface area contributed by atoms with Gasteiger partial charge in [-0.15, -0.1) is 0 Å². The van der Waals surface area contributed by atoms with Gasteiger partial charge in [-0.1, -0.05) is 52.9 Å². The molecule has 1 heterocycles. The van der Waals surface area contributed by atoms with Crippen molar-refractivity contribution in [3.8, 4) is 11.1 Å². The van der Waals surface area contributed by atoms with E-state index in [1.807, 2.05) is 0 Å². The van der Waals surface area contributed by atoms with Gasteiger partial charge >= 0.3 is 0 Å². The Morgan fingerprint density at radius 2 is 1.87 bits per heavy atom. The molecule has 78 valence electrons. The van der Waals surface area contributed by atoms with Crippen LogP contribution >= 0.6 is 22.6 Å². The van der Waals surface area contributed by atoms with Crippen molar-refractivity contribution in [3.63, 3.8) is 0 Å². The van der Waals surface area contributed by atoms with Crippen LogP contribution in [-0.2, 0) is 0 Å². The van der Waals surface area contributed by atoms with E-state index >= 15 is 0 Å². The number of halogens is 1. The minimum absolute atomic E-state index is 0.506. The number of aromatic amines is 1. The molecule has 2 rings (SSSR count). The number of alkyl halides is 1. The Kier molecular flexibility index (Phi) is 3.14. The molecule has 1 aromatic carbocycles. The van der Waals surface area contributed by atoms with Crippen molar-refractivity contribution in [3.05, 3.63) is 47.8 Å². The van der Waals surface area contributed by atoms with Crippen LogP contribution in [0.3, 0.4) is 0 Å². The van der Waals surface area contributed by atoms with Crippen molar-refractivity contribution in [2.45, 2.75) is 17.8 Å². The number of hydrogen-bond donors (Lipinski definition) is 1. The topological polar surface area (TPSA) is 15.8 Å². The van der Waals surface area contributed by atoms with Crippen LogP contribution in [0.15, 0.2) is 36.4 Å². The number of rotatable bonds is 2. The highest BCUT2D eigenvalue weighted by Gasteiger charge is 2.11. The normalized spacial score (nSPS) is 12.7. The van der Waals surface area contributed by atoms with Crippen molar-refractivity contribution >= 4 is 22.6 Å². The SMILES string of the molecule is Cc1cc(-c2ccccc2)c(C(C)I)[nH]1. The van der Waals surface area contributed by atoms with Gasteiger partial charge in [0.05, 0.1) is 0 Å². The molecule has 0 aliphatic carbocycles. The first-order valence-corrected chi connectivity index (χ1v) is 6.32. The third kappa shape index (κ3) is 2.25. The molecular weight excluding hydrogens is 297 g/mol. The van der Waals surface area contributed by atoms with E-state index in [-0.39, 0.29) is 0 Å². The zero-order valence-corrected chi connectivity index (χ0v) is 11.1. The maximum Gasteiger partial charge on any atom is 0.0488 e. The molecule has 0 saturated carbocycles. The predicted molar refractivity (Wildman–Crippen MR) is 73.4 cm³/mol. The molecule has 0 saturated heterocycles. The molecule has 0 bridgehead atoms.